The van der Waals surface area contributed by atoms with Crippen LogP contribution in [0.2, 0.25) is 0 Å². The molecule has 1 amide bonds. The zero-order valence-corrected chi connectivity index (χ0v) is 19.9. The van der Waals surface area contributed by atoms with Gasteiger partial charge in [-0.1, -0.05) is 61.5 Å². The number of hydrogen-bond donors (Lipinski definition) is 1. The highest BCUT2D eigenvalue weighted by atomic mass is 16.5. The number of amides is 1. The first-order valence-electron chi connectivity index (χ1n) is 12.2. The van der Waals surface area contributed by atoms with Crippen molar-refractivity contribution < 1.29 is 9.53 Å². The molecule has 1 heterocycles. The highest BCUT2D eigenvalue weighted by molar-refractivity contribution is 5.76. The van der Waals surface area contributed by atoms with Gasteiger partial charge in [0.1, 0.15) is 18.2 Å². The molecule has 4 aromatic rings. The van der Waals surface area contributed by atoms with Gasteiger partial charge in [-0.15, -0.1) is 0 Å². The molecule has 0 atom stereocenters. The monoisotopic (exact) mass is 455 g/mol. The van der Waals surface area contributed by atoms with Gasteiger partial charge in [-0.3, -0.25) is 4.79 Å². The first kappa shape index (κ1) is 23.6. The fraction of sp³-hybridized carbons (Fsp3) is 0.310. The molecule has 0 unspecified atom stereocenters. The first-order valence-corrected chi connectivity index (χ1v) is 12.2. The van der Waals surface area contributed by atoms with Crippen molar-refractivity contribution in [3.05, 3.63) is 95.8 Å². The molecule has 0 radical (unpaired) electrons. The molecule has 3 aromatic carbocycles. The third-order valence-corrected chi connectivity index (χ3v) is 6.03. The van der Waals surface area contributed by atoms with Gasteiger partial charge < -0.3 is 14.6 Å². The molecule has 1 N–H and O–H groups in total. The van der Waals surface area contributed by atoms with Crippen LogP contribution in [0.15, 0.2) is 78.9 Å². The Balaban J connectivity index is 1.28. The zero-order chi connectivity index (χ0) is 23.6. The van der Waals surface area contributed by atoms with Crippen molar-refractivity contribution in [2.24, 2.45) is 0 Å². The standard InChI is InChI=1S/C29H33N3O2/c1-2-23-14-17-25(18-15-23)34-22-21-32-27-12-7-6-11-26(27)31-28(32)13-8-20-30-29(33)19-16-24-9-4-3-5-10-24/h3-7,9-12,14-15,17-18H,2,8,13,16,19-22H2,1H3,(H,30,33). The molecule has 0 saturated carbocycles. The molecule has 5 heteroatoms. The van der Waals surface area contributed by atoms with Gasteiger partial charge in [-0.2, -0.15) is 0 Å². The van der Waals surface area contributed by atoms with Crippen molar-refractivity contribution in [3.63, 3.8) is 0 Å². The number of aromatic nitrogens is 2. The molecular formula is C29H33N3O2. The first-order chi connectivity index (χ1) is 16.7. The minimum atomic E-state index is 0.0971. The Morgan fingerprint density at radius 1 is 0.912 bits per heavy atom. The van der Waals surface area contributed by atoms with Crippen LogP contribution in [0.4, 0.5) is 0 Å². The molecule has 0 saturated heterocycles. The molecule has 0 bridgehead atoms. The van der Waals surface area contributed by atoms with Gasteiger partial charge in [0.05, 0.1) is 17.6 Å². The van der Waals surface area contributed by atoms with E-state index >= 15 is 0 Å². The second-order valence-corrected chi connectivity index (χ2v) is 8.45. The van der Waals surface area contributed by atoms with Crippen molar-refractivity contribution in [2.75, 3.05) is 13.2 Å². The Bertz CT molecular complexity index is 1180. The third kappa shape index (κ3) is 6.47. The number of nitrogens with zero attached hydrogens (tertiary/aromatic N) is 2. The van der Waals surface area contributed by atoms with E-state index < -0.39 is 0 Å². The zero-order valence-electron chi connectivity index (χ0n) is 19.9. The van der Waals surface area contributed by atoms with Gasteiger partial charge >= 0.3 is 0 Å². The van der Waals surface area contributed by atoms with E-state index in [-0.39, 0.29) is 5.91 Å². The molecular weight excluding hydrogens is 422 g/mol. The SMILES string of the molecule is CCc1ccc(OCCn2c(CCCNC(=O)CCc3ccccc3)nc3ccccc32)cc1. The van der Waals surface area contributed by atoms with Gasteiger partial charge in [0, 0.05) is 19.4 Å². The number of carbonyl (C=O) groups excluding carboxylic acids is 1. The van der Waals surface area contributed by atoms with E-state index in [1.165, 1.54) is 11.1 Å². The Morgan fingerprint density at radius 2 is 1.68 bits per heavy atom. The van der Waals surface area contributed by atoms with E-state index in [1.54, 1.807) is 0 Å². The summed E-state index contributed by atoms with van der Waals surface area (Å²) in [6, 6.07) is 26.6. The highest BCUT2D eigenvalue weighted by Gasteiger charge is 2.11. The average Bonchev–Trinajstić information content (AvgIpc) is 3.24. The molecule has 4 rings (SSSR count). The van der Waals surface area contributed by atoms with Crippen molar-refractivity contribution in [1.82, 2.24) is 14.9 Å². The van der Waals surface area contributed by atoms with E-state index in [9.17, 15) is 4.79 Å². The maximum absolute atomic E-state index is 12.2. The van der Waals surface area contributed by atoms with Gasteiger partial charge in [0.15, 0.2) is 0 Å². The van der Waals surface area contributed by atoms with Crippen LogP contribution in [0.3, 0.4) is 0 Å². The van der Waals surface area contributed by atoms with Crippen LogP contribution in [0.25, 0.3) is 11.0 Å². The Morgan fingerprint density at radius 3 is 2.47 bits per heavy atom. The van der Waals surface area contributed by atoms with Crippen molar-refractivity contribution in [2.45, 2.75) is 45.6 Å². The summed E-state index contributed by atoms with van der Waals surface area (Å²) in [5, 5.41) is 3.05. The van der Waals surface area contributed by atoms with Gasteiger partial charge in [-0.25, -0.2) is 4.98 Å². The van der Waals surface area contributed by atoms with E-state index in [4.69, 9.17) is 9.72 Å². The van der Waals surface area contributed by atoms with Gasteiger partial charge in [0.25, 0.3) is 0 Å². The Kier molecular flexibility index (Phi) is 8.33. The fourth-order valence-electron chi connectivity index (χ4n) is 4.11. The number of benzene rings is 3. The summed E-state index contributed by atoms with van der Waals surface area (Å²) in [5.74, 6) is 2.02. The number of ether oxygens (including phenoxy) is 1. The minimum Gasteiger partial charge on any atom is -0.492 e. The number of imidazole rings is 1. The molecule has 34 heavy (non-hydrogen) atoms. The maximum Gasteiger partial charge on any atom is 0.220 e. The summed E-state index contributed by atoms with van der Waals surface area (Å²) < 4.78 is 8.24. The second-order valence-electron chi connectivity index (χ2n) is 8.45. The normalized spacial score (nSPS) is 11.0. The molecule has 1 aromatic heterocycles. The summed E-state index contributed by atoms with van der Waals surface area (Å²) in [6.07, 6.45) is 3.96. The lowest BCUT2D eigenvalue weighted by Gasteiger charge is -2.11. The largest absolute Gasteiger partial charge is 0.492 e. The summed E-state index contributed by atoms with van der Waals surface area (Å²) in [6.45, 7) is 4.11. The summed E-state index contributed by atoms with van der Waals surface area (Å²) in [5.41, 5.74) is 4.61. The number of rotatable bonds is 12. The van der Waals surface area contributed by atoms with Crippen LogP contribution in [-0.2, 0) is 30.6 Å². The lowest BCUT2D eigenvalue weighted by Crippen LogP contribution is -2.25. The smallest absolute Gasteiger partial charge is 0.220 e. The highest BCUT2D eigenvalue weighted by Crippen LogP contribution is 2.18. The number of carbonyl (C=O) groups is 1. The van der Waals surface area contributed by atoms with Crippen LogP contribution in [0, 0.1) is 0 Å². The van der Waals surface area contributed by atoms with Crippen molar-refractivity contribution >= 4 is 16.9 Å². The molecule has 176 valence electrons. The summed E-state index contributed by atoms with van der Waals surface area (Å²) in [7, 11) is 0. The Hall–Kier alpha value is -3.60. The number of hydrogen-bond acceptors (Lipinski definition) is 3. The average molecular weight is 456 g/mol. The summed E-state index contributed by atoms with van der Waals surface area (Å²) >= 11 is 0. The van der Waals surface area contributed by atoms with Crippen LogP contribution >= 0.6 is 0 Å². The molecule has 5 nitrogen and oxygen atoms in total. The molecule has 0 spiro atoms. The summed E-state index contributed by atoms with van der Waals surface area (Å²) in [4.78, 5) is 17.1. The predicted molar refractivity (Wildman–Crippen MR) is 137 cm³/mol. The topological polar surface area (TPSA) is 56.1 Å². The van der Waals surface area contributed by atoms with Crippen molar-refractivity contribution in [1.29, 1.82) is 0 Å². The minimum absolute atomic E-state index is 0.0971. The van der Waals surface area contributed by atoms with E-state index in [0.717, 1.165) is 54.8 Å². The fourth-order valence-corrected chi connectivity index (χ4v) is 4.11. The molecule has 0 fully saturated rings. The Labute approximate surface area is 201 Å². The van der Waals surface area contributed by atoms with E-state index in [0.29, 0.717) is 19.6 Å². The predicted octanol–water partition coefficient (Wildman–Crippen LogP) is 5.36. The van der Waals surface area contributed by atoms with E-state index in [1.807, 2.05) is 48.5 Å². The number of fused-ring (bicyclic) bond motifs is 1. The number of aryl methyl sites for hydroxylation is 3. The molecule has 0 aliphatic rings. The van der Waals surface area contributed by atoms with Crippen molar-refractivity contribution in [3.8, 4) is 5.75 Å². The third-order valence-electron chi connectivity index (χ3n) is 6.03. The van der Waals surface area contributed by atoms with Gasteiger partial charge in [0.2, 0.25) is 5.91 Å². The van der Waals surface area contributed by atoms with Gasteiger partial charge in [-0.05, 0) is 54.7 Å². The quantitative estimate of drug-likeness (QED) is 0.293. The number of nitrogens with one attached hydrogen (secondary N) is 1. The van der Waals surface area contributed by atoms with Crippen LogP contribution in [0.5, 0.6) is 5.75 Å². The van der Waals surface area contributed by atoms with Crippen LogP contribution in [-0.4, -0.2) is 28.6 Å². The lowest BCUT2D eigenvalue weighted by molar-refractivity contribution is -0.121. The number of para-hydroxylation sites is 2. The van der Waals surface area contributed by atoms with Crippen LogP contribution < -0.4 is 10.1 Å². The van der Waals surface area contributed by atoms with E-state index in [2.05, 4.69) is 47.1 Å². The second kappa shape index (κ2) is 12.0. The maximum atomic E-state index is 12.2. The molecule has 0 aliphatic carbocycles. The lowest BCUT2D eigenvalue weighted by atomic mass is 10.1. The molecule has 0 aliphatic heterocycles. The van der Waals surface area contributed by atoms with Crippen LogP contribution in [0.1, 0.15) is 36.7 Å².